The highest BCUT2D eigenvalue weighted by atomic mass is 32.2. The quantitative estimate of drug-likeness (QED) is 0.859. The van der Waals surface area contributed by atoms with Crippen LogP contribution in [0.1, 0.15) is 12.5 Å². The lowest BCUT2D eigenvalue weighted by Gasteiger charge is -2.01. The molecule has 0 saturated heterocycles. The topological polar surface area (TPSA) is 65.1 Å². The fraction of sp³-hybridized carbons (Fsp3) is 0.273. The molecule has 2 aromatic rings. The largest absolute Gasteiger partial charge is 0.334 e. The van der Waals surface area contributed by atoms with Crippen LogP contribution in [-0.4, -0.2) is 13.0 Å². The van der Waals surface area contributed by atoms with Crippen LogP contribution in [0, 0.1) is 0 Å². The van der Waals surface area contributed by atoms with Gasteiger partial charge in [0.05, 0.1) is 0 Å². The molecule has 16 heavy (non-hydrogen) atoms. The van der Waals surface area contributed by atoms with Crippen LogP contribution in [0.25, 0.3) is 10.9 Å². The van der Waals surface area contributed by atoms with Gasteiger partial charge in [-0.2, -0.15) is 0 Å². The molecule has 0 atom stereocenters. The number of rotatable bonds is 2. The molecule has 0 saturated carbocycles. The summed E-state index contributed by atoms with van der Waals surface area (Å²) in [5, 5.41) is 6.20. The van der Waals surface area contributed by atoms with Gasteiger partial charge in [-0.1, -0.05) is 13.0 Å². The van der Waals surface area contributed by atoms with E-state index in [0.29, 0.717) is 0 Å². The van der Waals surface area contributed by atoms with Crippen molar-refractivity contribution in [2.24, 2.45) is 12.2 Å². The molecule has 0 fully saturated rings. The number of nitrogens with two attached hydrogens (primary N) is 1. The minimum absolute atomic E-state index is 0.149. The molecule has 0 radical (unpaired) electrons. The summed E-state index contributed by atoms with van der Waals surface area (Å²) < 4.78 is 24.3. The van der Waals surface area contributed by atoms with Gasteiger partial charge in [0.2, 0.25) is 0 Å². The molecule has 86 valence electrons. The van der Waals surface area contributed by atoms with E-state index in [2.05, 4.69) is 6.92 Å². The molecule has 5 heteroatoms. The van der Waals surface area contributed by atoms with E-state index in [-0.39, 0.29) is 5.03 Å². The molecule has 0 spiro atoms. The first-order chi connectivity index (χ1) is 7.43. The van der Waals surface area contributed by atoms with Crippen LogP contribution in [-0.2, 0) is 23.5 Å². The highest BCUT2D eigenvalue weighted by molar-refractivity contribution is 7.89. The number of benzene rings is 1. The summed E-state index contributed by atoms with van der Waals surface area (Å²) in [6.45, 7) is 2.06. The molecule has 0 unspecified atom stereocenters. The maximum Gasteiger partial charge on any atom is 0.253 e. The molecule has 0 aliphatic heterocycles. The first-order valence-electron chi connectivity index (χ1n) is 5.04. The van der Waals surface area contributed by atoms with Crippen molar-refractivity contribution in [1.82, 2.24) is 4.57 Å². The Bertz CT molecular complexity index is 641. The second kappa shape index (κ2) is 3.61. The zero-order valence-electron chi connectivity index (χ0n) is 9.27. The Kier molecular flexibility index (Phi) is 2.52. The lowest BCUT2D eigenvalue weighted by Crippen LogP contribution is -2.15. The van der Waals surface area contributed by atoms with Gasteiger partial charge in [-0.15, -0.1) is 0 Å². The predicted octanol–water partition coefficient (Wildman–Crippen LogP) is 1.39. The average Bonchev–Trinajstić information content (AvgIpc) is 2.55. The fourth-order valence-electron chi connectivity index (χ4n) is 1.87. The second-order valence-electron chi connectivity index (χ2n) is 3.83. The maximum absolute atomic E-state index is 11.3. The van der Waals surface area contributed by atoms with Crippen molar-refractivity contribution >= 4 is 20.9 Å². The van der Waals surface area contributed by atoms with Crippen molar-refractivity contribution in [3.05, 3.63) is 29.8 Å². The van der Waals surface area contributed by atoms with Crippen molar-refractivity contribution in [2.45, 2.75) is 18.4 Å². The van der Waals surface area contributed by atoms with Gasteiger partial charge in [-0.25, -0.2) is 13.6 Å². The molecular formula is C11H14N2O2S. The van der Waals surface area contributed by atoms with Crippen LogP contribution in [0.2, 0.25) is 0 Å². The summed E-state index contributed by atoms with van der Waals surface area (Å²) in [4.78, 5) is 0. The van der Waals surface area contributed by atoms with E-state index in [9.17, 15) is 8.42 Å². The number of primary sulfonamides is 1. The second-order valence-corrected chi connectivity index (χ2v) is 5.34. The summed E-state index contributed by atoms with van der Waals surface area (Å²) in [5.74, 6) is 0. The number of aromatic nitrogens is 1. The number of aryl methyl sites for hydroxylation is 2. The Morgan fingerprint density at radius 2 is 2.00 bits per heavy atom. The molecule has 4 nitrogen and oxygen atoms in total. The number of nitrogens with zero attached hydrogens (tertiary/aromatic N) is 1. The molecule has 2 N–H and O–H groups in total. The van der Waals surface area contributed by atoms with E-state index >= 15 is 0 Å². The molecule has 0 aliphatic carbocycles. The van der Waals surface area contributed by atoms with E-state index in [1.54, 1.807) is 17.7 Å². The maximum atomic E-state index is 11.3. The summed E-state index contributed by atoms with van der Waals surface area (Å²) >= 11 is 0. The highest BCUT2D eigenvalue weighted by Gasteiger charge is 2.15. The van der Waals surface area contributed by atoms with Crippen LogP contribution >= 0.6 is 0 Å². The summed E-state index contributed by atoms with van der Waals surface area (Å²) in [6, 6.07) is 7.52. The van der Waals surface area contributed by atoms with Crippen LogP contribution in [0.5, 0.6) is 0 Å². The zero-order valence-corrected chi connectivity index (χ0v) is 10.1. The first-order valence-corrected chi connectivity index (χ1v) is 6.59. The fourth-order valence-corrected chi connectivity index (χ4v) is 2.64. The van der Waals surface area contributed by atoms with Crippen molar-refractivity contribution in [3.8, 4) is 0 Å². The van der Waals surface area contributed by atoms with Gasteiger partial charge in [-0.3, -0.25) is 0 Å². The van der Waals surface area contributed by atoms with E-state index in [1.165, 1.54) is 5.56 Å². The van der Waals surface area contributed by atoms with Crippen LogP contribution < -0.4 is 5.14 Å². The lowest BCUT2D eigenvalue weighted by atomic mass is 10.1. The number of fused-ring (bicyclic) bond motifs is 1. The Balaban J connectivity index is 2.78. The van der Waals surface area contributed by atoms with Gasteiger partial charge in [0.25, 0.3) is 10.0 Å². The normalized spacial score (nSPS) is 12.2. The third kappa shape index (κ3) is 1.72. The predicted molar refractivity (Wildman–Crippen MR) is 63.7 cm³/mol. The van der Waals surface area contributed by atoms with Gasteiger partial charge >= 0.3 is 0 Å². The summed E-state index contributed by atoms with van der Waals surface area (Å²) in [6.07, 6.45) is 0.926. The van der Waals surface area contributed by atoms with E-state index in [0.717, 1.165) is 17.3 Å². The third-order valence-electron chi connectivity index (χ3n) is 2.76. The van der Waals surface area contributed by atoms with Crippen molar-refractivity contribution in [2.75, 3.05) is 0 Å². The molecule has 0 amide bonds. The van der Waals surface area contributed by atoms with E-state index in [4.69, 9.17) is 5.14 Å². The smallest absolute Gasteiger partial charge is 0.253 e. The van der Waals surface area contributed by atoms with Gasteiger partial charge < -0.3 is 4.57 Å². The minimum Gasteiger partial charge on any atom is -0.334 e. The average molecular weight is 238 g/mol. The first kappa shape index (κ1) is 11.2. The Hall–Kier alpha value is -1.33. The Morgan fingerprint density at radius 3 is 2.56 bits per heavy atom. The molecule has 0 bridgehead atoms. The van der Waals surface area contributed by atoms with Crippen LogP contribution in [0.3, 0.4) is 0 Å². The van der Waals surface area contributed by atoms with Crippen molar-refractivity contribution in [3.63, 3.8) is 0 Å². The number of hydrogen-bond donors (Lipinski definition) is 1. The Morgan fingerprint density at radius 1 is 1.31 bits per heavy atom. The molecule has 0 aliphatic rings. The van der Waals surface area contributed by atoms with Gasteiger partial charge in [-0.05, 0) is 30.2 Å². The van der Waals surface area contributed by atoms with Gasteiger partial charge in [0, 0.05) is 18.0 Å². The van der Waals surface area contributed by atoms with Crippen LogP contribution in [0.15, 0.2) is 29.3 Å². The third-order valence-corrected chi connectivity index (χ3v) is 3.74. The minimum atomic E-state index is -3.65. The standard InChI is InChI=1S/C11H14N2O2S/c1-3-8-4-5-10-9(6-8)7-11(13(10)2)16(12,14)15/h4-7H,3H2,1-2H3,(H2,12,14,15). The van der Waals surface area contributed by atoms with Crippen molar-refractivity contribution < 1.29 is 8.42 Å². The van der Waals surface area contributed by atoms with E-state index < -0.39 is 10.0 Å². The molecule has 2 rings (SSSR count). The molecule has 1 aromatic heterocycles. The number of hydrogen-bond acceptors (Lipinski definition) is 2. The summed E-state index contributed by atoms with van der Waals surface area (Å²) in [7, 11) is -1.95. The molecular weight excluding hydrogens is 224 g/mol. The van der Waals surface area contributed by atoms with Gasteiger partial charge in [0.15, 0.2) is 5.03 Å². The lowest BCUT2D eigenvalue weighted by molar-refractivity contribution is 0.589. The monoisotopic (exact) mass is 238 g/mol. The highest BCUT2D eigenvalue weighted by Crippen LogP contribution is 2.22. The van der Waals surface area contributed by atoms with E-state index in [1.807, 2.05) is 18.2 Å². The molecule has 1 heterocycles. The van der Waals surface area contributed by atoms with Crippen molar-refractivity contribution in [1.29, 1.82) is 0 Å². The molecule has 1 aromatic carbocycles. The Labute approximate surface area is 94.7 Å². The van der Waals surface area contributed by atoms with Crippen LogP contribution in [0.4, 0.5) is 0 Å². The number of sulfonamides is 1. The van der Waals surface area contributed by atoms with Gasteiger partial charge in [0.1, 0.15) is 0 Å². The SMILES string of the molecule is CCc1ccc2c(c1)cc(S(N)(=O)=O)n2C. The zero-order chi connectivity index (χ0) is 11.9. The summed E-state index contributed by atoms with van der Waals surface area (Å²) in [5.41, 5.74) is 2.06.